The van der Waals surface area contributed by atoms with Crippen LogP contribution in [0.5, 0.6) is 0 Å². The molecule has 2 heteroatoms. The summed E-state index contributed by atoms with van der Waals surface area (Å²) in [7, 11) is 0. The Morgan fingerprint density at radius 3 is 1.36 bits per heavy atom. The second kappa shape index (κ2) is 8.95. The molecule has 0 N–H and O–H groups in total. The molecule has 6 aromatic rings. The fourth-order valence-electron chi connectivity index (χ4n) is 11.5. The van der Waals surface area contributed by atoms with Crippen molar-refractivity contribution in [3.63, 3.8) is 0 Å². The van der Waals surface area contributed by atoms with Crippen LogP contribution in [0.4, 0.5) is 17.1 Å². The highest BCUT2D eigenvalue weighted by molar-refractivity contribution is 6.99. The Balaban J connectivity index is 1.39. The SMILES string of the molecule is CC1(C)CCC(C)(C)c2c1cc1c(c2B2c3ccc4cccc5c4c3N3c4c-5cccc4-c4cccc5ccc2c3c45)C(C)(C)CCC1(C)C. The third-order valence-electron chi connectivity index (χ3n) is 14.2. The lowest BCUT2D eigenvalue weighted by Gasteiger charge is -2.52. The predicted molar refractivity (Wildman–Crippen MR) is 216 cm³/mol. The molecule has 0 amide bonds. The minimum absolute atomic E-state index is 0.0717. The van der Waals surface area contributed by atoms with E-state index in [9.17, 15) is 0 Å². The quantitative estimate of drug-likeness (QED) is 0.160. The largest absolute Gasteiger partial charge is 0.309 e. The van der Waals surface area contributed by atoms with Crippen molar-refractivity contribution in [2.45, 2.75) is 103 Å². The summed E-state index contributed by atoms with van der Waals surface area (Å²) in [4.78, 5) is 2.72. The standard InChI is InChI=1S/C48H46BN/c1-45(2)22-24-47(5,6)39-33(45)26-34-40(48(7,8)25-23-46(34,3)4)41(39)49-35-20-18-27-12-9-14-29-31-16-11-17-32-30-15-10-13-28-19-21-36(49)44(38(28)30)50(42(31)32)43(35)37(27)29/h9-21,26H,22-25H2,1-8H3. The molecule has 0 radical (unpaired) electrons. The first-order chi connectivity index (χ1) is 23.8. The molecule has 2 aliphatic carbocycles. The zero-order valence-electron chi connectivity index (χ0n) is 30.9. The summed E-state index contributed by atoms with van der Waals surface area (Å²) in [6.45, 7) is 20.5. The van der Waals surface area contributed by atoms with E-state index in [0.29, 0.717) is 0 Å². The topological polar surface area (TPSA) is 3.24 Å². The Hall–Kier alpha value is -4.30. The molecule has 0 fully saturated rings. The lowest BCUT2D eigenvalue weighted by Crippen LogP contribution is -2.63. The van der Waals surface area contributed by atoms with E-state index in [1.54, 1.807) is 27.7 Å². The molecule has 3 heterocycles. The molecule has 0 saturated heterocycles. The van der Waals surface area contributed by atoms with Crippen LogP contribution in [0.3, 0.4) is 0 Å². The maximum absolute atomic E-state index is 2.72. The number of nitrogens with zero attached hydrogens (tertiary/aromatic N) is 1. The summed E-state index contributed by atoms with van der Waals surface area (Å²) < 4.78 is 0. The van der Waals surface area contributed by atoms with Gasteiger partial charge >= 0.3 is 0 Å². The van der Waals surface area contributed by atoms with Gasteiger partial charge in [0.2, 0.25) is 6.71 Å². The molecule has 0 bridgehead atoms. The molecule has 0 atom stereocenters. The van der Waals surface area contributed by atoms with Gasteiger partial charge in [0, 0.05) is 33.3 Å². The number of benzene rings is 6. The number of anilines is 3. The lowest BCUT2D eigenvalue weighted by atomic mass is 9.30. The van der Waals surface area contributed by atoms with Gasteiger partial charge in [-0.2, -0.15) is 0 Å². The fraction of sp³-hybridized carbons (Fsp3) is 0.333. The van der Waals surface area contributed by atoms with Crippen molar-refractivity contribution in [2.75, 3.05) is 4.90 Å². The maximum atomic E-state index is 2.72. The number of fused-ring (bicyclic) bond motifs is 4. The molecule has 0 aromatic heterocycles. The molecule has 50 heavy (non-hydrogen) atoms. The van der Waals surface area contributed by atoms with Crippen LogP contribution in [0, 0.1) is 0 Å². The molecule has 246 valence electrons. The molecule has 6 aromatic carbocycles. The van der Waals surface area contributed by atoms with Crippen LogP contribution in [0.1, 0.15) is 103 Å². The summed E-state index contributed by atoms with van der Waals surface area (Å²) in [6.07, 6.45) is 4.87. The second-order valence-electron chi connectivity index (χ2n) is 19.0. The van der Waals surface area contributed by atoms with Gasteiger partial charge in [-0.15, -0.1) is 0 Å². The van der Waals surface area contributed by atoms with Crippen molar-refractivity contribution in [1.82, 2.24) is 0 Å². The fourth-order valence-corrected chi connectivity index (χ4v) is 11.5. The summed E-state index contributed by atoms with van der Waals surface area (Å²) in [5.41, 5.74) is 21.1. The van der Waals surface area contributed by atoms with E-state index in [0.717, 1.165) is 0 Å². The third-order valence-corrected chi connectivity index (χ3v) is 14.2. The molecule has 0 unspecified atom stereocenters. The first-order valence-electron chi connectivity index (χ1n) is 19.1. The summed E-state index contributed by atoms with van der Waals surface area (Å²) in [6, 6.07) is 33.6. The van der Waals surface area contributed by atoms with E-state index >= 15 is 0 Å². The van der Waals surface area contributed by atoms with E-state index < -0.39 is 0 Å². The second-order valence-corrected chi connectivity index (χ2v) is 19.0. The van der Waals surface area contributed by atoms with Crippen LogP contribution in [0.25, 0.3) is 43.8 Å². The van der Waals surface area contributed by atoms with E-state index in [2.05, 4.69) is 145 Å². The smallest absolute Gasteiger partial charge is 0.247 e. The van der Waals surface area contributed by atoms with Crippen LogP contribution in [-0.4, -0.2) is 6.71 Å². The van der Waals surface area contributed by atoms with Gasteiger partial charge in [-0.25, -0.2) is 0 Å². The number of para-hydroxylation sites is 1. The molecule has 11 rings (SSSR count). The van der Waals surface area contributed by atoms with Gasteiger partial charge in [-0.05, 0) is 102 Å². The Morgan fingerprint density at radius 1 is 0.460 bits per heavy atom. The lowest BCUT2D eigenvalue weighted by molar-refractivity contribution is 0.315. The Morgan fingerprint density at radius 2 is 0.880 bits per heavy atom. The van der Waals surface area contributed by atoms with Crippen molar-refractivity contribution >= 4 is 61.7 Å². The van der Waals surface area contributed by atoms with E-state index in [1.165, 1.54) is 97.5 Å². The van der Waals surface area contributed by atoms with Crippen LogP contribution >= 0.6 is 0 Å². The minimum atomic E-state index is 0.0717. The normalized spacial score (nSPS) is 20.2. The highest BCUT2D eigenvalue weighted by atomic mass is 15.2. The van der Waals surface area contributed by atoms with Crippen LogP contribution < -0.4 is 21.3 Å². The van der Waals surface area contributed by atoms with Crippen molar-refractivity contribution in [3.05, 3.63) is 107 Å². The maximum Gasteiger partial charge on any atom is 0.247 e. The van der Waals surface area contributed by atoms with Gasteiger partial charge in [0.15, 0.2) is 0 Å². The highest BCUT2D eigenvalue weighted by Gasteiger charge is 2.51. The molecule has 0 spiro atoms. The molecule has 5 aliphatic rings. The van der Waals surface area contributed by atoms with Gasteiger partial charge in [0.25, 0.3) is 0 Å². The number of rotatable bonds is 1. The van der Waals surface area contributed by atoms with Crippen LogP contribution in [0.15, 0.2) is 84.9 Å². The van der Waals surface area contributed by atoms with Crippen molar-refractivity contribution in [1.29, 1.82) is 0 Å². The third kappa shape index (κ3) is 3.37. The predicted octanol–water partition coefficient (Wildman–Crippen LogP) is 11.0. The van der Waals surface area contributed by atoms with Crippen LogP contribution in [-0.2, 0) is 21.7 Å². The Kier molecular flexibility index (Phi) is 5.27. The van der Waals surface area contributed by atoms with Crippen LogP contribution in [0.2, 0.25) is 0 Å². The van der Waals surface area contributed by atoms with Gasteiger partial charge in [-0.3, -0.25) is 0 Å². The monoisotopic (exact) mass is 647 g/mol. The highest BCUT2D eigenvalue weighted by Crippen LogP contribution is 2.60. The van der Waals surface area contributed by atoms with Gasteiger partial charge in [-0.1, -0.05) is 146 Å². The van der Waals surface area contributed by atoms with E-state index in [1.807, 2.05) is 0 Å². The van der Waals surface area contributed by atoms with Gasteiger partial charge in [0.1, 0.15) is 0 Å². The molecular formula is C48H46BN. The summed E-state index contributed by atoms with van der Waals surface area (Å²) >= 11 is 0. The van der Waals surface area contributed by atoms with Crippen molar-refractivity contribution < 1.29 is 0 Å². The van der Waals surface area contributed by atoms with Crippen molar-refractivity contribution in [2.24, 2.45) is 0 Å². The molecule has 0 saturated carbocycles. The Labute approximate surface area is 297 Å². The molecule has 1 nitrogen and oxygen atoms in total. The number of hydrogen-bond acceptors (Lipinski definition) is 1. The zero-order valence-corrected chi connectivity index (χ0v) is 30.9. The molecule has 3 aliphatic heterocycles. The average Bonchev–Trinajstić information content (AvgIpc) is 3.09. The van der Waals surface area contributed by atoms with Gasteiger partial charge in [0.05, 0.1) is 5.69 Å². The summed E-state index contributed by atoms with van der Waals surface area (Å²) in [5.74, 6) is 0. The van der Waals surface area contributed by atoms with Crippen molar-refractivity contribution in [3.8, 4) is 22.3 Å². The van der Waals surface area contributed by atoms with E-state index in [4.69, 9.17) is 0 Å². The van der Waals surface area contributed by atoms with Gasteiger partial charge < -0.3 is 4.90 Å². The molecular weight excluding hydrogens is 601 g/mol. The van der Waals surface area contributed by atoms with E-state index in [-0.39, 0.29) is 28.4 Å². The zero-order chi connectivity index (χ0) is 34.3. The number of hydrogen-bond donors (Lipinski definition) is 0. The average molecular weight is 648 g/mol. The summed E-state index contributed by atoms with van der Waals surface area (Å²) in [5, 5.41) is 5.51. The first-order valence-corrected chi connectivity index (χ1v) is 19.1. The minimum Gasteiger partial charge on any atom is -0.309 e. The Bertz CT molecular complexity index is 2390. The first kappa shape index (κ1) is 29.4.